The van der Waals surface area contributed by atoms with Gasteiger partial charge < -0.3 is 10.4 Å². The minimum Gasteiger partial charge on any atom is -0.480 e. The average Bonchev–Trinajstić information content (AvgIpc) is 2.79. The Bertz CT molecular complexity index is 794. The fourth-order valence-electron chi connectivity index (χ4n) is 3.15. The molecule has 1 saturated heterocycles. The first-order chi connectivity index (χ1) is 11.5. The molecule has 24 heavy (non-hydrogen) atoms. The molecule has 1 atom stereocenters. The number of aromatic nitrogens is 2. The molecular weight excluding hydrogens is 308 g/mol. The number of nitrogens with zero attached hydrogens (tertiary/aromatic N) is 3. The van der Waals surface area contributed by atoms with E-state index in [1.165, 1.54) is 0 Å². The van der Waals surface area contributed by atoms with E-state index in [9.17, 15) is 9.59 Å². The third-order valence-electron chi connectivity index (χ3n) is 4.61. The number of carboxylic acid groups (broad SMARTS) is 1. The number of aliphatic carboxylic acids is 1. The van der Waals surface area contributed by atoms with Crippen molar-refractivity contribution in [2.75, 3.05) is 19.6 Å². The molecule has 0 spiro atoms. The molecule has 1 aromatic heterocycles. The van der Waals surface area contributed by atoms with Crippen LogP contribution >= 0.6 is 0 Å². The van der Waals surface area contributed by atoms with E-state index >= 15 is 0 Å². The van der Waals surface area contributed by atoms with Gasteiger partial charge in [-0.05, 0) is 19.1 Å². The van der Waals surface area contributed by atoms with Crippen LogP contribution in [0.25, 0.3) is 5.69 Å². The molecule has 1 aliphatic rings. The second-order valence-corrected chi connectivity index (χ2v) is 6.12. The largest absolute Gasteiger partial charge is 0.480 e. The highest BCUT2D eigenvalue weighted by Gasteiger charge is 2.26. The number of hydrogen-bond donors (Lipinski definition) is 2. The summed E-state index contributed by atoms with van der Waals surface area (Å²) in [6, 6.07) is 8.93. The first-order valence-electron chi connectivity index (χ1n) is 8.00. The maximum absolute atomic E-state index is 12.9. The van der Waals surface area contributed by atoms with Crippen LogP contribution in [0.5, 0.6) is 0 Å². The topological polar surface area (TPSA) is 79.5 Å². The average molecular weight is 330 g/mol. The number of hydrogen-bond acceptors (Lipinski definition) is 4. The molecule has 128 valence electrons. The van der Waals surface area contributed by atoms with Crippen LogP contribution in [-0.4, -0.2) is 51.0 Å². The van der Waals surface area contributed by atoms with Gasteiger partial charge in [-0.3, -0.25) is 19.2 Å². The molecule has 0 radical (unpaired) electrons. The number of rotatable bonds is 4. The van der Waals surface area contributed by atoms with Gasteiger partial charge in [-0.2, -0.15) is 0 Å². The van der Waals surface area contributed by atoms with Gasteiger partial charge in [0, 0.05) is 38.9 Å². The molecule has 1 aromatic carbocycles. The normalized spacial score (nSPS) is 18.7. The van der Waals surface area contributed by atoms with Gasteiger partial charge in [0.25, 0.3) is 5.56 Å². The van der Waals surface area contributed by atoms with E-state index in [1.807, 2.05) is 53.9 Å². The van der Waals surface area contributed by atoms with Gasteiger partial charge in [0.05, 0.1) is 11.3 Å². The molecule has 2 aromatic rings. The third-order valence-corrected chi connectivity index (χ3v) is 4.61. The minimum absolute atomic E-state index is 0.0494. The minimum atomic E-state index is -0.855. The van der Waals surface area contributed by atoms with Crippen molar-refractivity contribution in [2.24, 2.45) is 7.05 Å². The molecule has 1 unspecified atom stereocenters. The lowest BCUT2D eigenvalue weighted by Gasteiger charge is -2.31. The van der Waals surface area contributed by atoms with Crippen molar-refractivity contribution in [2.45, 2.75) is 19.5 Å². The van der Waals surface area contributed by atoms with Crippen molar-refractivity contribution in [3.05, 3.63) is 51.9 Å². The van der Waals surface area contributed by atoms with E-state index in [4.69, 9.17) is 5.11 Å². The summed E-state index contributed by atoms with van der Waals surface area (Å²) < 4.78 is 3.51. The van der Waals surface area contributed by atoms with E-state index in [0.29, 0.717) is 25.2 Å². The van der Waals surface area contributed by atoms with Crippen LogP contribution in [0.3, 0.4) is 0 Å². The van der Waals surface area contributed by atoms with Gasteiger partial charge in [0.15, 0.2) is 0 Å². The van der Waals surface area contributed by atoms with Gasteiger partial charge >= 0.3 is 5.97 Å². The second-order valence-electron chi connectivity index (χ2n) is 6.12. The first kappa shape index (κ1) is 16.5. The zero-order valence-electron chi connectivity index (χ0n) is 13.9. The Morgan fingerprint density at radius 2 is 2.04 bits per heavy atom. The highest BCUT2D eigenvalue weighted by molar-refractivity contribution is 5.73. The zero-order chi connectivity index (χ0) is 17.3. The predicted molar refractivity (Wildman–Crippen MR) is 90.5 cm³/mol. The molecule has 2 heterocycles. The number of piperazine rings is 1. The van der Waals surface area contributed by atoms with Crippen LogP contribution in [0.1, 0.15) is 11.3 Å². The molecule has 0 amide bonds. The highest BCUT2D eigenvalue weighted by Crippen LogP contribution is 2.13. The molecule has 7 heteroatoms. The predicted octanol–water partition coefficient (Wildman–Crippen LogP) is 0.343. The molecule has 1 fully saturated rings. The van der Waals surface area contributed by atoms with Crippen molar-refractivity contribution >= 4 is 5.97 Å². The lowest BCUT2D eigenvalue weighted by molar-refractivity contribution is -0.140. The van der Waals surface area contributed by atoms with Crippen LogP contribution in [0.15, 0.2) is 35.1 Å². The summed E-state index contributed by atoms with van der Waals surface area (Å²) >= 11 is 0. The van der Waals surface area contributed by atoms with Crippen molar-refractivity contribution in [3.8, 4) is 5.69 Å². The number of nitrogens with one attached hydrogen (secondary N) is 1. The van der Waals surface area contributed by atoms with Gasteiger partial charge in [0.2, 0.25) is 0 Å². The van der Waals surface area contributed by atoms with Crippen molar-refractivity contribution < 1.29 is 9.90 Å². The molecule has 1 aliphatic heterocycles. The van der Waals surface area contributed by atoms with Crippen LogP contribution in [0.4, 0.5) is 0 Å². The first-order valence-corrected chi connectivity index (χ1v) is 8.00. The Labute approximate surface area is 140 Å². The third kappa shape index (κ3) is 3.00. The Morgan fingerprint density at radius 1 is 1.33 bits per heavy atom. The molecule has 7 nitrogen and oxygen atoms in total. The molecule has 0 saturated carbocycles. The number of carbonyl (C=O) groups is 1. The number of carboxylic acids is 1. The van der Waals surface area contributed by atoms with Crippen LogP contribution in [0, 0.1) is 6.92 Å². The molecule has 0 aliphatic carbocycles. The Morgan fingerprint density at radius 3 is 2.71 bits per heavy atom. The summed E-state index contributed by atoms with van der Waals surface area (Å²) in [6.45, 7) is 4.11. The maximum atomic E-state index is 12.9. The van der Waals surface area contributed by atoms with E-state index < -0.39 is 12.0 Å². The summed E-state index contributed by atoms with van der Waals surface area (Å²) in [7, 11) is 1.87. The monoisotopic (exact) mass is 330 g/mol. The molecule has 2 N–H and O–H groups in total. The lowest BCUT2D eigenvalue weighted by atomic mass is 10.1. The fourth-order valence-corrected chi connectivity index (χ4v) is 3.15. The SMILES string of the molecule is Cc1c(CN2CCNC(C(=O)O)C2)c(=O)n(-c2ccccc2)n1C. The quantitative estimate of drug-likeness (QED) is 0.845. The maximum Gasteiger partial charge on any atom is 0.322 e. The fraction of sp³-hybridized carbons (Fsp3) is 0.412. The highest BCUT2D eigenvalue weighted by atomic mass is 16.4. The standard InChI is InChI=1S/C17H22N4O3/c1-12-14(10-20-9-8-18-15(11-20)17(23)24)16(22)21(19(12)2)13-6-4-3-5-7-13/h3-7,15,18H,8-11H2,1-2H3,(H,23,24). The summed E-state index contributed by atoms with van der Waals surface area (Å²) in [5.74, 6) is -0.855. The van der Waals surface area contributed by atoms with E-state index in [0.717, 1.165) is 17.9 Å². The van der Waals surface area contributed by atoms with Gasteiger partial charge in [-0.25, -0.2) is 4.68 Å². The molecule has 3 rings (SSSR count). The van der Waals surface area contributed by atoms with Crippen LogP contribution in [0.2, 0.25) is 0 Å². The zero-order valence-corrected chi connectivity index (χ0v) is 13.9. The van der Waals surface area contributed by atoms with Crippen molar-refractivity contribution in [1.82, 2.24) is 19.6 Å². The number of para-hydroxylation sites is 1. The van der Waals surface area contributed by atoms with Gasteiger partial charge in [-0.15, -0.1) is 0 Å². The van der Waals surface area contributed by atoms with Crippen LogP contribution < -0.4 is 10.9 Å². The van der Waals surface area contributed by atoms with E-state index in [1.54, 1.807) is 4.68 Å². The lowest BCUT2D eigenvalue weighted by Crippen LogP contribution is -2.54. The summed E-state index contributed by atoms with van der Waals surface area (Å²) in [6.07, 6.45) is 0. The van der Waals surface area contributed by atoms with Crippen molar-refractivity contribution in [3.63, 3.8) is 0 Å². The van der Waals surface area contributed by atoms with Gasteiger partial charge in [0.1, 0.15) is 6.04 Å². The molecular formula is C17H22N4O3. The second kappa shape index (κ2) is 6.62. The van der Waals surface area contributed by atoms with Gasteiger partial charge in [-0.1, -0.05) is 18.2 Å². The smallest absolute Gasteiger partial charge is 0.322 e. The summed E-state index contributed by atoms with van der Waals surface area (Å²) in [5, 5.41) is 12.1. The Kier molecular flexibility index (Phi) is 4.55. The Balaban J connectivity index is 1.90. The van der Waals surface area contributed by atoms with E-state index in [-0.39, 0.29) is 5.56 Å². The molecule has 0 bridgehead atoms. The summed E-state index contributed by atoms with van der Waals surface area (Å²) in [5.41, 5.74) is 2.39. The summed E-state index contributed by atoms with van der Waals surface area (Å²) in [4.78, 5) is 26.1. The number of benzene rings is 1. The van der Waals surface area contributed by atoms with E-state index in [2.05, 4.69) is 5.32 Å². The van der Waals surface area contributed by atoms with Crippen LogP contribution in [-0.2, 0) is 18.4 Å². The Hall–Kier alpha value is -2.38. The van der Waals surface area contributed by atoms with Crippen molar-refractivity contribution in [1.29, 1.82) is 0 Å².